The predicted octanol–water partition coefficient (Wildman–Crippen LogP) is 3.34. The van der Waals surface area contributed by atoms with Crippen LogP contribution in [0.4, 0.5) is 0 Å². The van der Waals surface area contributed by atoms with Gasteiger partial charge in [-0.05, 0) is 44.7 Å². The normalized spacial score (nSPS) is 18.6. The summed E-state index contributed by atoms with van der Waals surface area (Å²) in [6.07, 6.45) is 4.54. The van der Waals surface area contributed by atoms with Crippen molar-refractivity contribution >= 4 is 16.7 Å². The lowest BCUT2D eigenvalue weighted by molar-refractivity contribution is -0.130. The number of aryl methyl sites for hydroxylation is 2. The summed E-state index contributed by atoms with van der Waals surface area (Å²) in [4.78, 5) is 14.5. The van der Waals surface area contributed by atoms with Crippen molar-refractivity contribution in [3.63, 3.8) is 0 Å². The van der Waals surface area contributed by atoms with E-state index < -0.39 is 16.0 Å². The fourth-order valence-corrected chi connectivity index (χ4v) is 4.14. The molecule has 0 saturated carbocycles. The standard InChI is InChI=1S/C18H27NO2S/c1-14-8-9-15(2)17(12-14)13-22(21)16(3)18(20)19-10-6-4-5-7-11-19/h8-9,12,16H,4-7,10-11,13H2,1-3H3. The van der Waals surface area contributed by atoms with Gasteiger partial charge in [0.2, 0.25) is 5.91 Å². The molecule has 0 aliphatic carbocycles. The Hall–Kier alpha value is -1.16. The largest absolute Gasteiger partial charge is 0.342 e. The van der Waals surface area contributed by atoms with Gasteiger partial charge in [-0.1, -0.05) is 36.6 Å². The van der Waals surface area contributed by atoms with Crippen LogP contribution in [-0.2, 0) is 21.3 Å². The summed E-state index contributed by atoms with van der Waals surface area (Å²) in [6.45, 7) is 7.53. The second-order valence-corrected chi connectivity index (χ2v) is 8.09. The van der Waals surface area contributed by atoms with E-state index in [9.17, 15) is 9.00 Å². The van der Waals surface area contributed by atoms with E-state index in [1.807, 2.05) is 25.7 Å². The topological polar surface area (TPSA) is 37.4 Å². The molecule has 1 fully saturated rings. The number of carbonyl (C=O) groups is 1. The van der Waals surface area contributed by atoms with Crippen molar-refractivity contribution in [1.29, 1.82) is 0 Å². The maximum atomic E-state index is 12.6. The van der Waals surface area contributed by atoms with Gasteiger partial charge in [0.1, 0.15) is 5.25 Å². The van der Waals surface area contributed by atoms with Gasteiger partial charge in [0, 0.05) is 29.6 Å². The molecule has 0 spiro atoms. The first-order chi connectivity index (χ1) is 10.5. The van der Waals surface area contributed by atoms with Crippen LogP contribution in [0.3, 0.4) is 0 Å². The lowest BCUT2D eigenvalue weighted by atomic mass is 10.1. The van der Waals surface area contributed by atoms with E-state index in [4.69, 9.17) is 0 Å². The molecule has 2 atom stereocenters. The molecule has 4 heteroatoms. The molecule has 2 unspecified atom stereocenters. The smallest absolute Gasteiger partial charge is 0.238 e. The third-order valence-corrected chi connectivity index (χ3v) is 6.05. The molecule has 1 saturated heterocycles. The second kappa shape index (κ2) is 7.91. The van der Waals surface area contributed by atoms with Crippen LogP contribution in [0.25, 0.3) is 0 Å². The van der Waals surface area contributed by atoms with E-state index in [1.54, 1.807) is 0 Å². The fourth-order valence-electron chi connectivity index (χ4n) is 2.89. The van der Waals surface area contributed by atoms with Crippen molar-refractivity contribution in [1.82, 2.24) is 4.90 Å². The molecule has 1 aromatic rings. The minimum atomic E-state index is -1.16. The molecule has 0 N–H and O–H groups in total. The summed E-state index contributed by atoms with van der Waals surface area (Å²) < 4.78 is 12.6. The zero-order valence-electron chi connectivity index (χ0n) is 13.9. The summed E-state index contributed by atoms with van der Waals surface area (Å²) >= 11 is 0. The molecule has 1 aliphatic rings. The Bertz CT molecular complexity index is 548. The molecule has 0 bridgehead atoms. The molecule has 1 aromatic carbocycles. The fraction of sp³-hybridized carbons (Fsp3) is 0.611. The summed E-state index contributed by atoms with van der Waals surface area (Å²) in [6, 6.07) is 6.20. The van der Waals surface area contributed by atoms with Gasteiger partial charge in [0.05, 0.1) is 0 Å². The van der Waals surface area contributed by atoms with Crippen molar-refractivity contribution in [3.05, 3.63) is 34.9 Å². The average Bonchev–Trinajstić information content (AvgIpc) is 2.78. The Balaban J connectivity index is 2.01. The van der Waals surface area contributed by atoms with Gasteiger partial charge >= 0.3 is 0 Å². The monoisotopic (exact) mass is 321 g/mol. The van der Waals surface area contributed by atoms with Gasteiger partial charge < -0.3 is 4.90 Å². The van der Waals surface area contributed by atoms with Crippen molar-refractivity contribution < 1.29 is 9.00 Å². The van der Waals surface area contributed by atoms with Gasteiger partial charge in [-0.2, -0.15) is 0 Å². The van der Waals surface area contributed by atoms with Crippen LogP contribution in [0.5, 0.6) is 0 Å². The second-order valence-electron chi connectivity index (χ2n) is 6.34. The van der Waals surface area contributed by atoms with Gasteiger partial charge in [-0.15, -0.1) is 0 Å². The van der Waals surface area contributed by atoms with Gasteiger partial charge in [-0.3, -0.25) is 9.00 Å². The number of hydrogen-bond acceptors (Lipinski definition) is 2. The average molecular weight is 321 g/mol. The molecule has 2 rings (SSSR count). The molecule has 3 nitrogen and oxygen atoms in total. The third kappa shape index (κ3) is 4.42. The van der Waals surface area contributed by atoms with Crippen molar-refractivity contribution in [2.45, 2.75) is 57.5 Å². The Morgan fingerprint density at radius 1 is 1.18 bits per heavy atom. The number of carbonyl (C=O) groups excluding carboxylic acids is 1. The highest BCUT2D eigenvalue weighted by molar-refractivity contribution is 7.85. The Kier molecular flexibility index (Phi) is 6.18. The predicted molar refractivity (Wildman–Crippen MR) is 92.3 cm³/mol. The molecular formula is C18H27NO2S. The maximum absolute atomic E-state index is 12.6. The highest BCUT2D eigenvalue weighted by Crippen LogP contribution is 2.17. The van der Waals surface area contributed by atoms with Gasteiger partial charge in [-0.25, -0.2) is 0 Å². The number of nitrogens with zero attached hydrogens (tertiary/aromatic N) is 1. The van der Waals surface area contributed by atoms with E-state index in [2.05, 4.69) is 18.2 Å². The number of likely N-dealkylation sites (tertiary alicyclic amines) is 1. The maximum Gasteiger partial charge on any atom is 0.238 e. The van der Waals surface area contributed by atoms with Crippen LogP contribution in [0.1, 0.15) is 49.3 Å². The highest BCUT2D eigenvalue weighted by Gasteiger charge is 2.26. The molecule has 1 aliphatic heterocycles. The minimum absolute atomic E-state index is 0.0607. The number of benzene rings is 1. The van der Waals surface area contributed by atoms with E-state index in [1.165, 1.54) is 18.4 Å². The van der Waals surface area contributed by atoms with E-state index in [0.717, 1.165) is 37.1 Å². The summed E-state index contributed by atoms with van der Waals surface area (Å²) in [5, 5.41) is -0.419. The van der Waals surface area contributed by atoms with Crippen molar-refractivity contribution in [3.8, 4) is 0 Å². The number of rotatable bonds is 4. The Labute approximate surface area is 136 Å². The molecule has 1 heterocycles. The Morgan fingerprint density at radius 2 is 1.82 bits per heavy atom. The van der Waals surface area contributed by atoms with E-state index in [0.29, 0.717) is 5.75 Å². The summed E-state index contributed by atoms with van der Waals surface area (Å²) in [5.41, 5.74) is 3.41. The van der Waals surface area contributed by atoms with Crippen LogP contribution >= 0.6 is 0 Å². The van der Waals surface area contributed by atoms with E-state index >= 15 is 0 Å². The molecule has 122 valence electrons. The zero-order valence-corrected chi connectivity index (χ0v) is 14.7. The number of hydrogen-bond donors (Lipinski definition) is 0. The first-order valence-electron chi connectivity index (χ1n) is 8.21. The minimum Gasteiger partial charge on any atom is -0.342 e. The number of amides is 1. The van der Waals surface area contributed by atoms with Gasteiger partial charge in [0.15, 0.2) is 0 Å². The lowest BCUT2D eigenvalue weighted by Gasteiger charge is -2.24. The summed E-state index contributed by atoms with van der Waals surface area (Å²) in [7, 11) is -1.16. The van der Waals surface area contributed by atoms with Crippen molar-refractivity contribution in [2.75, 3.05) is 13.1 Å². The summed E-state index contributed by atoms with van der Waals surface area (Å²) in [5.74, 6) is 0.527. The highest BCUT2D eigenvalue weighted by atomic mass is 32.2. The quantitative estimate of drug-likeness (QED) is 0.853. The van der Waals surface area contributed by atoms with Crippen LogP contribution in [0.2, 0.25) is 0 Å². The third-order valence-electron chi connectivity index (χ3n) is 4.46. The van der Waals surface area contributed by atoms with Gasteiger partial charge in [0.25, 0.3) is 0 Å². The SMILES string of the molecule is Cc1ccc(C)c(CS(=O)C(C)C(=O)N2CCCCCC2)c1. The van der Waals surface area contributed by atoms with Crippen LogP contribution in [0.15, 0.2) is 18.2 Å². The molecule has 22 heavy (non-hydrogen) atoms. The van der Waals surface area contributed by atoms with Crippen molar-refractivity contribution in [2.24, 2.45) is 0 Å². The first-order valence-corrected chi connectivity index (χ1v) is 9.59. The molecule has 0 aromatic heterocycles. The first kappa shape index (κ1) is 17.2. The molecule has 0 radical (unpaired) electrons. The lowest BCUT2D eigenvalue weighted by Crippen LogP contribution is -2.40. The molecular weight excluding hydrogens is 294 g/mol. The van der Waals surface area contributed by atoms with Crippen LogP contribution in [0, 0.1) is 13.8 Å². The van der Waals surface area contributed by atoms with E-state index in [-0.39, 0.29) is 5.91 Å². The van der Waals surface area contributed by atoms with Crippen LogP contribution in [-0.4, -0.2) is 33.4 Å². The van der Waals surface area contributed by atoms with Crippen LogP contribution < -0.4 is 0 Å². The molecule has 1 amide bonds. The Morgan fingerprint density at radius 3 is 2.45 bits per heavy atom. The zero-order chi connectivity index (χ0) is 16.1.